The number of hydrogen-bond donors (Lipinski definition) is 0. The Labute approximate surface area is 185 Å². The summed E-state index contributed by atoms with van der Waals surface area (Å²) in [7, 11) is 0. The monoisotopic (exact) mass is 464 g/mol. The van der Waals surface area contributed by atoms with Crippen molar-refractivity contribution in [2.45, 2.75) is 26.6 Å². The zero-order valence-electron chi connectivity index (χ0n) is 17.8. The number of hydrogen-bond acceptors (Lipinski definition) is 4. The van der Waals surface area contributed by atoms with Gasteiger partial charge >= 0.3 is 11.9 Å². The van der Waals surface area contributed by atoms with Crippen molar-refractivity contribution in [3.05, 3.63) is 92.0 Å². The molecule has 174 valence electrons. The Hall–Kier alpha value is -3.76. The highest BCUT2D eigenvalue weighted by molar-refractivity contribution is 5.91. The zero-order chi connectivity index (χ0) is 24.3. The average Bonchev–Trinajstić information content (AvgIpc) is 2.78. The fourth-order valence-corrected chi connectivity index (χ4v) is 3.18. The lowest BCUT2D eigenvalue weighted by atomic mass is 10.2. The van der Waals surface area contributed by atoms with Crippen LogP contribution in [0.5, 0.6) is 0 Å². The van der Waals surface area contributed by atoms with Crippen LogP contribution in [0, 0.1) is 5.82 Å². The number of benzene rings is 2. The van der Waals surface area contributed by atoms with Crippen molar-refractivity contribution in [1.82, 2.24) is 19.2 Å². The largest absolute Gasteiger partial charge is 0.416 e. The predicted molar refractivity (Wildman–Crippen MR) is 112 cm³/mol. The average molecular weight is 464 g/mol. The summed E-state index contributed by atoms with van der Waals surface area (Å²) in [6.45, 7) is 3.65. The lowest BCUT2D eigenvalue weighted by Crippen LogP contribution is -2.46. The number of halogens is 4. The van der Waals surface area contributed by atoms with Gasteiger partial charge in [-0.1, -0.05) is 12.1 Å². The Morgan fingerprint density at radius 3 is 2.06 bits per heavy atom. The van der Waals surface area contributed by atoms with E-state index in [9.17, 15) is 31.9 Å². The van der Waals surface area contributed by atoms with E-state index in [2.05, 4.69) is 5.10 Å². The minimum Gasteiger partial charge on any atom is -0.338 e. The van der Waals surface area contributed by atoms with Crippen molar-refractivity contribution in [3.63, 3.8) is 0 Å². The summed E-state index contributed by atoms with van der Waals surface area (Å²) >= 11 is 0. The molecule has 0 atom stereocenters. The molecule has 0 aliphatic rings. The number of carbonyl (C=O) groups excluding carboxylic acids is 1. The number of rotatable bonds is 6. The van der Waals surface area contributed by atoms with Crippen LogP contribution in [-0.2, 0) is 12.7 Å². The molecule has 0 bridgehead atoms. The third kappa shape index (κ3) is 5.02. The van der Waals surface area contributed by atoms with Gasteiger partial charge in [-0.05, 0) is 55.8 Å². The Morgan fingerprint density at radius 1 is 0.970 bits per heavy atom. The molecule has 0 spiro atoms. The molecular weight excluding hydrogens is 444 g/mol. The molecule has 0 aliphatic heterocycles. The zero-order valence-corrected chi connectivity index (χ0v) is 17.8. The van der Waals surface area contributed by atoms with E-state index in [4.69, 9.17) is 0 Å². The van der Waals surface area contributed by atoms with Crippen LogP contribution in [0.1, 0.15) is 35.5 Å². The van der Waals surface area contributed by atoms with E-state index in [1.807, 2.05) is 0 Å². The molecule has 0 unspecified atom stereocenters. The lowest BCUT2D eigenvalue weighted by Gasteiger charge is -2.19. The van der Waals surface area contributed by atoms with E-state index in [0.29, 0.717) is 10.2 Å². The van der Waals surface area contributed by atoms with Gasteiger partial charge in [-0.2, -0.15) is 23.0 Å². The number of nitrogens with zero attached hydrogens (tertiary/aromatic N) is 4. The highest BCUT2D eigenvalue weighted by atomic mass is 19.4. The molecule has 0 fully saturated rings. The molecule has 3 aromatic rings. The quantitative estimate of drug-likeness (QED) is 0.526. The summed E-state index contributed by atoms with van der Waals surface area (Å²) in [4.78, 5) is 40.3. The molecular formula is C22H20F4N4O3. The summed E-state index contributed by atoms with van der Waals surface area (Å²) in [5, 5.41) is 3.91. The van der Waals surface area contributed by atoms with E-state index in [1.54, 1.807) is 13.8 Å². The molecule has 0 radical (unpaired) electrons. The lowest BCUT2D eigenvalue weighted by molar-refractivity contribution is -0.137. The summed E-state index contributed by atoms with van der Waals surface area (Å²) in [6.07, 6.45) is -4.58. The SMILES string of the molecule is CCN(CC)C(=O)c1nn(-c2ccc(C(F)(F)F)cc2)c(=O)n(Cc2ccc(F)cc2)c1=O. The Bertz CT molecular complexity index is 1260. The third-order valence-electron chi connectivity index (χ3n) is 5.01. The first-order chi connectivity index (χ1) is 15.6. The number of amides is 1. The Kier molecular flexibility index (Phi) is 6.80. The first-order valence-corrected chi connectivity index (χ1v) is 10.0. The van der Waals surface area contributed by atoms with Crippen molar-refractivity contribution >= 4 is 5.91 Å². The van der Waals surface area contributed by atoms with Crippen LogP contribution < -0.4 is 11.2 Å². The summed E-state index contributed by atoms with van der Waals surface area (Å²) in [5.41, 5.74) is -3.06. The van der Waals surface area contributed by atoms with Gasteiger partial charge in [0, 0.05) is 13.1 Å². The molecule has 0 aliphatic carbocycles. The smallest absolute Gasteiger partial charge is 0.338 e. The van der Waals surface area contributed by atoms with Gasteiger partial charge in [-0.3, -0.25) is 14.2 Å². The van der Waals surface area contributed by atoms with Crippen LogP contribution in [0.4, 0.5) is 17.6 Å². The Balaban J connectivity index is 2.21. The molecule has 1 heterocycles. The second-order valence-corrected chi connectivity index (χ2v) is 7.08. The number of aromatic nitrogens is 3. The second-order valence-electron chi connectivity index (χ2n) is 7.08. The minimum atomic E-state index is -4.58. The van der Waals surface area contributed by atoms with Gasteiger partial charge in [0.25, 0.3) is 11.5 Å². The molecule has 1 aromatic heterocycles. The molecule has 0 saturated carbocycles. The molecule has 0 saturated heterocycles. The van der Waals surface area contributed by atoms with Crippen molar-refractivity contribution in [1.29, 1.82) is 0 Å². The summed E-state index contributed by atoms with van der Waals surface area (Å²) in [5.74, 6) is -1.24. The molecule has 33 heavy (non-hydrogen) atoms. The maximum Gasteiger partial charge on any atom is 0.416 e. The summed E-state index contributed by atoms with van der Waals surface area (Å²) in [6, 6.07) is 8.63. The van der Waals surface area contributed by atoms with E-state index in [0.717, 1.165) is 41.0 Å². The van der Waals surface area contributed by atoms with Crippen molar-refractivity contribution in [2.24, 2.45) is 0 Å². The van der Waals surface area contributed by atoms with Gasteiger partial charge in [0.1, 0.15) is 5.82 Å². The van der Waals surface area contributed by atoms with Crippen LogP contribution in [0.25, 0.3) is 5.69 Å². The van der Waals surface area contributed by atoms with Crippen molar-refractivity contribution in [2.75, 3.05) is 13.1 Å². The standard InChI is InChI=1S/C22H20F4N4O3/c1-3-28(4-2)19(31)18-20(32)29(13-14-5-9-16(23)10-6-14)21(33)30(27-18)17-11-7-15(8-12-17)22(24,25)26/h5-12H,3-4,13H2,1-2H3. The Morgan fingerprint density at radius 2 is 1.55 bits per heavy atom. The molecule has 3 rings (SSSR count). The van der Waals surface area contributed by atoms with E-state index < -0.39 is 40.4 Å². The van der Waals surface area contributed by atoms with Crippen molar-refractivity contribution < 1.29 is 22.4 Å². The first-order valence-electron chi connectivity index (χ1n) is 10.0. The summed E-state index contributed by atoms with van der Waals surface area (Å²) < 4.78 is 53.5. The molecule has 11 heteroatoms. The molecule has 2 aromatic carbocycles. The maximum absolute atomic E-state index is 13.2. The van der Waals surface area contributed by atoms with E-state index >= 15 is 0 Å². The van der Waals surface area contributed by atoms with Crippen LogP contribution in [0.2, 0.25) is 0 Å². The topological polar surface area (TPSA) is 77.2 Å². The predicted octanol–water partition coefficient (Wildman–Crippen LogP) is 3.08. The normalized spacial score (nSPS) is 11.5. The highest BCUT2D eigenvalue weighted by Gasteiger charge is 2.30. The number of alkyl halides is 3. The van der Waals surface area contributed by atoms with Crippen molar-refractivity contribution in [3.8, 4) is 5.69 Å². The molecule has 7 nitrogen and oxygen atoms in total. The highest BCUT2D eigenvalue weighted by Crippen LogP contribution is 2.29. The third-order valence-corrected chi connectivity index (χ3v) is 5.01. The van der Waals surface area contributed by atoms with Gasteiger partial charge in [0.15, 0.2) is 0 Å². The van der Waals surface area contributed by atoms with Crippen LogP contribution in [-0.4, -0.2) is 38.2 Å². The molecule has 1 amide bonds. The van der Waals surface area contributed by atoms with Crippen LogP contribution in [0.15, 0.2) is 58.1 Å². The van der Waals surface area contributed by atoms with Gasteiger partial charge in [-0.15, -0.1) is 0 Å². The van der Waals surface area contributed by atoms with Crippen LogP contribution >= 0.6 is 0 Å². The maximum atomic E-state index is 13.2. The van der Waals surface area contributed by atoms with E-state index in [1.165, 1.54) is 17.0 Å². The molecule has 0 N–H and O–H groups in total. The number of carbonyl (C=O) groups is 1. The van der Waals surface area contributed by atoms with Gasteiger partial charge in [-0.25, -0.2) is 9.18 Å². The second kappa shape index (κ2) is 9.39. The van der Waals surface area contributed by atoms with Gasteiger partial charge in [0.2, 0.25) is 5.69 Å². The van der Waals surface area contributed by atoms with Crippen LogP contribution in [0.3, 0.4) is 0 Å². The fourth-order valence-electron chi connectivity index (χ4n) is 3.18. The van der Waals surface area contributed by atoms with Gasteiger partial charge in [0.05, 0.1) is 17.8 Å². The van der Waals surface area contributed by atoms with Gasteiger partial charge < -0.3 is 4.90 Å². The van der Waals surface area contributed by atoms with E-state index in [-0.39, 0.29) is 25.3 Å². The minimum absolute atomic E-state index is 0.0607. The first kappa shape index (κ1) is 23.9. The fraction of sp³-hybridized carbons (Fsp3) is 0.273.